The van der Waals surface area contributed by atoms with E-state index >= 15 is 0 Å². The maximum Gasteiger partial charge on any atom is 0.244 e. The zero-order chi connectivity index (χ0) is 13.7. The lowest BCUT2D eigenvalue weighted by atomic mass is 10.2. The number of carbonyl (C=O) groups is 1. The summed E-state index contributed by atoms with van der Waals surface area (Å²) in [6, 6.07) is 5.32. The largest absolute Gasteiger partial charge is 0.450 e. The number of furan rings is 1. The van der Waals surface area contributed by atoms with Gasteiger partial charge in [0.15, 0.2) is 4.67 Å². The summed E-state index contributed by atoms with van der Waals surface area (Å²) in [5.74, 6) is 0.308. The summed E-state index contributed by atoms with van der Waals surface area (Å²) >= 11 is 4.69. The van der Waals surface area contributed by atoms with E-state index in [1.807, 2.05) is 16.8 Å². The lowest BCUT2D eigenvalue weighted by Gasteiger charge is -2.08. The zero-order valence-corrected chi connectivity index (χ0v) is 12.3. The SMILES string of the molecule is O=C(/C=C/c1ccc(Br)o1)NCC(O)c1ccsc1. The molecule has 2 rings (SSSR count). The number of hydrogen-bond acceptors (Lipinski definition) is 4. The summed E-state index contributed by atoms with van der Waals surface area (Å²) in [5.41, 5.74) is 0.809. The molecule has 19 heavy (non-hydrogen) atoms. The Morgan fingerprint density at radius 3 is 3.00 bits per heavy atom. The van der Waals surface area contributed by atoms with Crippen LogP contribution in [0.25, 0.3) is 6.08 Å². The number of nitrogens with one attached hydrogen (secondary N) is 1. The lowest BCUT2D eigenvalue weighted by Crippen LogP contribution is -2.26. The van der Waals surface area contributed by atoms with E-state index in [1.165, 1.54) is 17.4 Å². The van der Waals surface area contributed by atoms with Crippen molar-refractivity contribution in [3.05, 3.63) is 51.0 Å². The molecule has 0 bridgehead atoms. The van der Waals surface area contributed by atoms with Crippen LogP contribution in [0.3, 0.4) is 0 Å². The van der Waals surface area contributed by atoms with Gasteiger partial charge in [-0.05, 0) is 56.5 Å². The maximum absolute atomic E-state index is 11.5. The Kier molecular flexibility index (Phi) is 4.95. The molecule has 2 N–H and O–H groups in total. The molecule has 100 valence electrons. The summed E-state index contributed by atoms with van der Waals surface area (Å²) in [7, 11) is 0. The van der Waals surface area contributed by atoms with Crippen molar-refractivity contribution < 1.29 is 14.3 Å². The average Bonchev–Trinajstić information content (AvgIpc) is 3.04. The average molecular weight is 342 g/mol. The van der Waals surface area contributed by atoms with Gasteiger partial charge < -0.3 is 14.8 Å². The predicted octanol–water partition coefficient (Wildman–Crippen LogP) is 2.97. The van der Waals surface area contributed by atoms with Crippen molar-refractivity contribution in [1.82, 2.24) is 5.32 Å². The molecule has 0 radical (unpaired) electrons. The van der Waals surface area contributed by atoms with Gasteiger partial charge in [-0.15, -0.1) is 0 Å². The molecule has 1 atom stereocenters. The molecule has 1 amide bonds. The van der Waals surface area contributed by atoms with E-state index in [1.54, 1.807) is 18.2 Å². The molecular formula is C13H12BrNO3S. The fraction of sp³-hybridized carbons (Fsp3) is 0.154. The van der Waals surface area contributed by atoms with Crippen LogP contribution in [-0.4, -0.2) is 17.6 Å². The molecule has 0 aliphatic heterocycles. The van der Waals surface area contributed by atoms with Crippen molar-refractivity contribution in [3.8, 4) is 0 Å². The van der Waals surface area contributed by atoms with Gasteiger partial charge in [0.1, 0.15) is 5.76 Å². The van der Waals surface area contributed by atoms with Gasteiger partial charge in [-0.3, -0.25) is 4.79 Å². The minimum absolute atomic E-state index is 0.182. The Labute approximate surface area is 122 Å². The fourth-order valence-corrected chi connectivity index (χ4v) is 2.44. The van der Waals surface area contributed by atoms with Crippen LogP contribution < -0.4 is 5.32 Å². The van der Waals surface area contributed by atoms with Crippen LogP contribution in [0.15, 0.2) is 44.1 Å². The van der Waals surface area contributed by atoms with E-state index in [9.17, 15) is 9.90 Å². The molecule has 0 aliphatic carbocycles. The lowest BCUT2D eigenvalue weighted by molar-refractivity contribution is -0.116. The van der Waals surface area contributed by atoms with Gasteiger partial charge in [0.2, 0.25) is 5.91 Å². The number of amides is 1. The molecule has 0 spiro atoms. The third-order valence-electron chi connectivity index (χ3n) is 2.39. The first-order valence-corrected chi connectivity index (χ1v) is 7.30. The van der Waals surface area contributed by atoms with Gasteiger partial charge in [-0.2, -0.15) is 11.3 Å². The Hall–Kier alpha value is -1.37. The number of halogens is 1. The van der Waals surface area contributed by atoms with Crippen LogP contribution in [0.2, 0.25) is 0 Å². The third kappa shape index (κ3) is 4.34. The number of rotatable bonds is 5. The topological polar surface area (TPSA) is 62.5 Å². The Morgan fingerprint density at radius 1 is 1.53 bits per heavy atom. The van der Waals surface area contributed by atoms with Gasteiger partial charge in [-0.25, -0.2) is 0 Å². The van der Waals surface area contributed by atoms with Gasteiger partial charge in [0, 0.05) is 12.6 Å². The smallest absolute Gasteiger partial charge is 0.244 e. The van der Waals surface area contributed by atoms with Gasteiger partial charge in [-0.1, -0.05) is 0 Å². The molecule has 4 nitrogen and oxygen atoms in total. The quantitative estimate of drug-likeness (QED) is 0.822. The normalized spacial score (nSPS) is 12.7. The van der Waals surface area contributed by atoms with Crippen LogP contribution in [0.4, 0.5) is 0 Å². The van der Waals surface area contributed by atoms with E-state index in [-0.39, 0.29) is 12.5 Å². The molecule has 2 heterocycles. The monoisotopic (exact) mass is 341 g/mol. The Bertz CT molecular complexity index is 562. The highest BCUT2D eigenvalue weighted by Gasteiger charge is 2.08. The number of aliphatic hydroxyl groups is 1. The number of carbonyl (C=O) groups excluding carboxylic acids is 1. The maximum atomic E-state index is 11.5. The van der Waals surface area contributed by atoms with Crippen LogP contribution in [0.5, 0.6) is 0 Å². The second-order valence-electron chi connectivity index (χ2n) is 3.79. The highest BCUT2D eigenvalue weighted by atomic mass is 79.9. The van der Waals surface area contributed by atoms with Crippen LogP contribution >= 0.6 is 27.3 Å². The summed E-state index contributed by atoms with van der Waals surface area (Å²) in [6.45, 7) is 0.182. The van der Waals surface area contributed by atoms with Crippen LogP contribution in [0, 0.1) is 0 Å². The van der Waals surface area contributed by atoms with Crippen molar-refractivity contribution in [1.29, 1.82) is 0 Å². The Balaban J connectivity index is 1.80. The van der Waals surface area contributed by atoms with Gasteiger partial charge in [0.05, 0.1) is 6.10 Å². The van der Waals surface area contributed by atoms with E-state index in [4.69, 9.17) is 4.42 Å². The number of hydrogen-bond donors (Lipinski definition) is 2. The molecule has 1 unspecified atom stereocenters. The molecule has 0 saturated heterocycles. The minimum atomic E-state index is -0.679. The van der Waals surface area contributed by atoms with E-state index in [0.717, 1.165) is 5.56 Å². The van der Waals surface area contributed by atoms with E-state index in [0.29, 0.717) is 10.4 Å². The number of thiophene rings is 1. The second kappa shape index (κ2) is 6.70. The van der Waals surface area contributed by atoms with Crippen molar-refractivity contribution in [2.24, 2.45) is 0 Å². The standard InChI is InChI=1S/C13H12BrNO3S/c14-12-3-1-10(18-12)2-4-13(17)15-7-11(16)9-5-6-19-8-9/h1-6,8,11,16H,7H2,(H,15,17)/b4-2+. The zero-order valence-electron chi connectivity index (χ0n) is 9.88. The summed E-state index contributed by atoms with van der Waals surface area (Å²) in [5, 5.41) is 16.2. The molecule has 0 fully saturated rings. The summed E-state index contributed by atoms with van der Waals surface area (Å²) in [6.07, 6.45) is 2.25. The minimum Gasteiger partial charge on any atom is -0.450 e. The van der Waals surface area contributed by atoms with Gasteiger partial charge >= 0.3 is 0 Å². The molecule has 2 aromatic heterocycles. The van der Waals surface area contributed by atoms with Crippen molar-refractivity contribution in [3.63, 3.8) is 0 Å². The molecule has 0 aromatic carbocycles. The molecule has 0 saturated carbocycles. The summed E-state index contributed by atoms with van der Waals surface area (Å²) in [4.78, 5) is 11.5. The van der Waals surface area contributed by atoms with Gasteiger partial charge in [0.25, 0.3) is 0 Å². The first-order valence-electron chi connectivity index (χ1n) is 5.56. The molecule has 0 aliphatic rings. The van der Waals surface area contributed by atoms with E-state index in [2.05, 4.69) is 21.2 Å². The highest BCUT2D eigenvalue weighted by molar-refractivity contribution is 9.10. The third-order valence-corrected chi connectivity index (χ3v) is 3.52. The van der Waals surface area contributed by atoms with Crippen molar-refractivity contribution >= 4 is 39.2 Å². The van der Waals surface area contributed by atoms with Crippen LogP contribution in [-0.2, 0) is 4.79 Å². The fourth-order valence-electron chi connectivity index (χ4n) is 1.41. The van der Waals surface area contributed by atoms with Crippen molar-refractivity contribution in [2.75, 3.05) is 6.54 Å². The predicted molar refractivity (Wildman–Crippen MR) is 77.7 cm³/mol. The molecule has 2 aromatic rings. The molecule has 6 heteroatoms. The molecular weight excluding hydrogens is 330 g/mol. The second-order valence-corrected chi connectivity index (χ2v) is 5.35. The van der Waals surface area contributed by atoms with Crippen molar-refractivity contribution in [2.45, 2.75) is 6.10 Å². The number of aliphatic hydroxyl groups excluding tert-OH is 1. The first kappa shape index (κ1) is 14.0. The summed E-state index contributed by atoms with van der Waals surface area (Å²) < 4.78 is 5.83. The first-order chi connectivity index (χ1) is 9.15. The Morgan fingerprint density at radius 2 is 2.37 bits per heavy atom. The van der Waals surface area contributed by atoms with Crippen LogP contribution in [0.1, 0.15) is 17.4 Å². The highest BCUT2D eigenvalue weighted by Crippen LogP contribution is 2.16. The van der Waals surface area contributed by atoms with E-state index < -0.39 is 6.10 Å².